The van der Waals surface area contributed by atoms with Crippen LogP contribution in [0.25, 0.3) is 11.6 Å². The Balaban J connectivity index is 2.18. The van der Waals surface area contributed by atoms with Gasteiger partial charge in [0.25, 0.3) is 0 Å². The SMILES string of the molecule is Oc1ccc(O)c(C=C(c2ccccc2)c2ccccc2)c1. The number of hydrogen-bond acceptors (Lipinski definition) is 2. The summed E-state index contributed by atoms with van der Waals surface area (Å²) in [5, 5.41) is 19.7. The second kappa shape index (κ2) is 6.19. The van der Waals surface area contributed by atoms with Gasteiger partial charge in [0.05, 0.1) is 0 Å². The average Bonchev–Trinajstić information content (AvgIpc) is 2.57. The Hall–Kier alpha value is -3.00. The van der Waals surface area contributed by atoms with Gasteiger partial charge in [-0.2, -0.15) is 0 Å². The van der Waals surface area contributed by atoms with Gasteiger partial charge < -0.3 is 10.2 Å². The molecule has 3 aromatic rings. The molecule has 0 amide bonds. The number of phenols is 2. The fourth-order valence-electron chi connectivity index (χ4n) is 2.38. The first kappa shape index (κ1) is 14.0. The molecule has 0 radical (unpaired) electrons. The van der Waals surface area contributed by atoms with Gasteiger partial charge in [0.1, 0.15) is 11.5 Å². The lowest BCUT2D eigenvalue weighted by molar-refractivity contribution is 0.459. The van der Waals surface area contributed by atoms with E-state index in [-0.39, 0.29) is 11.5 Å². The highest BCUT2D eigenvalue weighted by atomic mass is 16.3. The predicted octanol–water partition coefficient (Wildman–Crippen LogP) is 4.69. The molecule has 108 valence electrons. The van der Waals surface area contributed by atoms with Crippen LogP contribution < -0.4 is 0 Å². The third kappa shape index (κ3) is 3.01. The quantitative estimate of drug-likeness (QED) is 0.542. The Morgan fingerprint density at radius 1 is 0.682 bits per heavy atom. The molecule has 0 aliphatic carbocycles. The molecule has 0 heterocycles. The lowest BCUT2D eigenvalue weighted by Gasteiger charge is -2.10. The highest BCUT2D eigenvalue weighted by Crippen LogP contribution is 2.30. The summed E-state index contributed by atoms with van der Waals surface area (Å²) in [5.41, 5.74) is 3.68. The molecule has 0 saturated heterocycles. The molecule has 2 nitrogen and oxygen atoms in total. The first-order valence-electron chi connectivity index (χ1n) is 7.08. The van der Waals surface area contributed by atoms with Crippen LogP contribution >= 0.6 is 0 Å². The normalized spacial score (nSPS) is 10.2. The van der Waals surface area contributed by atoms with E-state index in [1.807, 2.05) is 66.7 Å². The summed E-state index contributed by atoms with van der Waals surface area (Å²) in [6.07, 6.45) is 1.89. The van der Waals surface area contributed by atoms with E-state index in [0.717, 1.165) is 16.7 Å². The summed E-state index contributed by atoms with van der Waals surface area (Å²) in [6.45, 7) is 0. The second-order valence-electron chi connectivity index (χ2n) is 5.03. The molecule has 22 heavy (non-hydrogen) atoms. The van der Waals surface area contributed by atoms with Crippen LogP contribution in [0.4, 0.5) is 0 Å². The molecule has 0 unspecified atom stereocenters. The van der Waals surface area contributed by atoms with Crippen LogP contribution in [0.1, 0.15) is 16.7 Å². The second-order valence-corrected chi connectivity index (χ2v) is 5.03. The molecule has 0 spiro atoms. The zero-order valence-corrected chi connectivity index (χ0v) is 12.0. The third-order valence-corrected chi connectivity index (χ3v) is 3.48. The van der Waals surface area contributed by atoms with Crippen LogP contribution in [0, 0.1) is 0 Å². The molecule has 0 aromatic heterocycles. The van der Waals surface area contributed by atoms with Crippen LogP contribution in [0.3, 0.4) is 0 Å². The van der Waals surface area contributed by atoms with Crippen molar-refractivity contribution in [2.24, 2.45) is 0 Å². The topological polar surface area (TPSA) is 40.5 Å². The fourth-order valence-corrected chi connectivity index (χ4v) is 2.38. The number of hydrogen-bond donors (Lipinski definition) is 2. The molecule has 2 heteroatoms. The molecule has 0 saturated carbocycles. The molecule has 0 bridgehead atoms. The minimum atomic E-state index is 0.129. The summed E-state index contributed by atoms with van der Waals surface area (Å²) in [4.78, 5) is 0. The lowest BCUT2D eigenvalue weighted by Crippen LogP contribution is -1.88. The molecule has 0 atom stereocenters. The highest BCUT2D eigenvalue weighted by molar-refractivity contribution is 5.92. The largest absolute Gasteiger partial charge is 0.508 e. The molecular weight excluding hydrogens is 272 g/mol. The first-order chi connectivity index (χ1) is 10.7. The van der Waals surface area contributed by atoms with Crippen LogP contribution in [0.2, 0.25) is 0 Å². The van der Waals surface area contributed by atoms with Gasteiger partial charge >= 0.3 is 0 Å². The zero-order chi connectivity index (χ0) is 15.4. The maximum atomic E-state index is 10.0. The molecular formula is C20H16O2. The molecule has 2 N–H and O–H groups in total. The van der Waals surface area contributed by atoms with Gasteiger partial charge in [0.2, 0.25) is 0 Å². The van der Waals surface area contributed by atoms with Crippen molar-refractivity contribution in [1.82, 2.24) is 0 Å². The van der Waals surface area contributed by atoms with E-state index in [1.54, 1.807) is 6.07 Å². The smallest absolute Gasteiger partial charge is 0.123 e. The van der Waals surface area contributed by atoms with E-state index in [4.69, 9.17) is 0 Å². The van der Waals surface area contributed by atoms with E-state index >= 15 is 0 Å². The van der Waals surface area contributed by atoms with Gasteiger partial charge in [0, 0.05) is 5.56 Å². The van der Waals surface area contributed by atoms with Crippen molar-refractivity contribution in [3.63, 3.8) is 0 Å². The van der Waals surface area contributed by atoms with Crippen molar-refractivity contribution in [3.05, 3.63) is 95.6 Å². The zero-order valence-electron chi connectivity index (χ0n) is 12.0. The Labute approximate surface area is 129 Å². The van der Waals surface area contributed by atoms with E-state index < -0.39 is 0 Å². The van der Waals surface area contributed by atoms with Gasteiger partial charge in [-0.3, -0.25) is 0 Å². The maximum Gasteiger partial charge on any atom is 0.123 e. The average molecular weight is 288 g/mol. The van der Waals surface area contributed by atoms with Gasteiger partial charge in [-0.15, -0.1) is 0 Å². The van der Waals surface area contributed by atoms with Crippen LogP contribution in [0.5, 0.6) is 11.5 Å². The molecule has 0 aliphatic heterocycles. The molecule has 0 fully saturated rings. The van der Waals surface area contributed by atoms with E-state index in [1.165, 1.54) is 12.1 Å². The molecule has 3 aromatic carbocycles. The van der Waals surface area contributed by atoms with Crippen LogP contribution in [0.15, 0.2) is 78.9 Å². The Bertz CT molecular complexity index is 749. The van der Waals surface area contributed by atoms with Crippen molar-refractivity contribution in [2.45, 2.75) is 0 Å². The predicted molar refractivity (Wildman–Crippen MR) is 89.6 cm³/mol. The third-order valence-electron chi connectivity index (χ3n) is 3.48. The van der Waals surface area contributed by atoms with Crippen LogP contribution in [-0.4, -0.2) is 10.2 Å². The standard InChI is InChI=1S/C20H16O2/c21-18-11-12-20(22)17(13-18)14-19(15-7-3-1-4-8-15)16-9-5-2-6-10-16/h1-14,21-22H. The summed E-state index contributed by atoms with van der Waals surface area (Å²) < 4.78 is 0. The van der Waals surface area contributed by atoms with Gasteiger partial charge in [-0.05, 0) is 41.0 Å². The minimum absolute atomic E-state index is 0.129. The number of phenolic OH excluding ortho intramolecular Hbond substituents is 2. The van der Waals surface area contributed by atoms with E-state index in [9.17, 15) is 10.2 Å². The summed E-state index contributed by atoms with van der Waals surface area (Å²) in [6, 6.07) is 24.5. The highest BCUT2D eigenvalue weighted by Gasteiger charge is 2.07. The maximum absolute atomic E-state index is 10.0. The summed E-state index contributed by atoms with van der Waals surface area (Å²) in [7, 11) is 0. The monoisotopic (exact) mass is 288 g/mol. The van der Waals surface area contributed by atoms with Gasteiger partial charge in [0.15, 0.2) is 0 Å². The summed E-state index contributed by atoms with van der Waals surface area (Å²) in [5.74, 6) is 0.270. The van der Waals surface area contributed by atoms with Crippen molar-refractivity contribution in [1.29, 1.82) is 0 Å². The summed E-state index contributed by atoms with van der Waals surface area (Å²) >= 11 is 0. The number of benzene rings is 3. The van der Waals surface area contributed by atoms with Gasteiger partial charge in [-0.25, -0.2) is 0 Å². The van der Waals surface area contributed by atoms with Crippen molar-refractivity contribution in [3.8, 4) is 11.5 Å². The van der Waals surface area contributed by atoms with Crippen molar-refractivity contribution in [2.75, 3.05) is 0 Å². The van der Waals surface area contributed by atoms with E-state index in [2.05, 4.69) is 0 Å². The Morgan fingerprint density at radius 3 is 1.77 bits per heavy atom. The van der Waals surface area contributed by atoms with E-state index in [0.29, 0.717) is 5.56 Å². The minimum Gasteiger partial charge on any atom is -0.508 e. The van der Waals surface area contributed by atoms with Crippen LogP contribution in [-0.2, 0) is 0 Å². The number of rotatable bonds is 3. The first-order valence-corrected chi connectivity index (χ1v) is 7.08. The fraction of sp³-hybridized carbons (Fsp3) is 0. The van der Waals surface area contributed by atoms with Crippen molar-refractivity contribution < 1.29 is 10.2 Å². The van der Waals surface area contributed by atoms with Gasteiger partial charge in [-0.1, -0.05) is 60.7 Å². The lowest BCUT2D eigenvalue weighted by atomic mass is 9.95. The molecule has 0 aliphatic rings. The Kier molecular flexibility index (Phi) is 3.92. The molecule has 3 rings (SSSR count). The number of aromatic hydroxyl groups is 2. The Morgan fingerprint density at radius 2 is 1.23 bits per heavy atom. The van der Waals surface area contributed by atoms with Crippen molar-refractivity contribution >= 4 is 11.6 Å².